The number of halogens is 1. The minimum Gasteiger partial charge on any atom is -0.156 e. The third kappa shape index (κ3) is 2.33. The van der Waals surface area contributed by atoms with Gasteiger partial charge in [0.15, 0.2) is 0 Å². The van der Waals surface area contributed by atoms with Crippen molar-refractivity contribution in [3.63, 3.8) is 0 Å². The molecule has 1 rings (SSSR count). The molecule has 13 heavy (non-hydrogen) atoms. The fourth-order valence-corrected chi connectivity index (χ4v) is 2.50. The maximum atomic E-state index is 6.34. The van der Waals surface area contributed by atoms with E-state index in [0.717, 1.165) is 5.56 Å². The van der Waals surface area contributed by atoms with Crippen molar-refractivity contribution >= 4 is 29.7 Å². The highest BCUT2D eigenvalue weighted by molar-refractivity contribution is 7.29. The van der Waals surface area contributed by atoms with Crippen molar-refractivity contribution in [1.29, 1.82) is 0 Å². The van der Waals surface area contributed by atoms with Crippen LogP contribution in [0.1, 0.15) is 5.56 Å². The van der Waals surface area contributed by atoms with Gasteiger partial charge in [-0.3, -0.25) is 0 Å². The summed E-state index contributed by atoms with van der Waals surface area (Å²) in [5.74, 6) is 0. The lowest BCUT2D eigenvalue weighted by Crippen LogP contribution is -2.36. The Balaban J connectivity index is 3.04. The molecule has 1 aromatic carbocycles. The van der Waals surface area contributed by atoms with E-state index in [4.69, 9.17) is 11.1 Å². The lowest BCUT2D eigenvalue weighted by atomic mass is 10.2. The molecule has 1 atom stereocenters. The van der Waals surface area contributed by atoms with Crippen molar-refractivity contribution in [1.82, 2.24) is 0 Å². The van der Waals surface area contributed by atoms with E-state index in [1.165, 1.54) is 5.19 Å². The van der Waals surface area contributed by atoms with Gasteiger partial charge in [-0.15, -0.1) is 6.58 Å². The van der Waals surface area contributed by atoms with Crippen molar-refractivity contribution in [3.05, 3.63) is 48.7 Å². The zero-order chi connectivity index (χ0) is 9.90. The van der Waals surface area contributed by atoms with E-state index in [1.54, 1.807) is 0 Å². The highest BCUT2D eigenvalue weighted by atomic mass is 35.6. The molecule has 0 bridgehead atoms. The van der Waals surface area contributed by atoms with Crippen LogP contribution in [0.4, 0.5) is 0 Å². The fourth-order valence-electron chi connectivity index (χ4n) is 1.06. The summed E-state index contributed by atoms with van der Waals surface area (Å²) in [4.78, 5) is 0. The van der Waals surface area contributed by atoms with Gasteiger partial charge in [0.05, 0.1) is 0 Å². The number of rotatable bonds is 3. The Morgan fingerprint density at radius 3 is 2.15 bits per heavy atom. The molecule has 68 valence electrons. The summed E-state index contributed by atoms with van der Waals surface area (Å²) in [6.45, 7) is 9.52. The quantitative estimate of drug-likeness (QED) is 0.529. The molecule has 0 N–H and O–H groups in total. The Morgan fingerprint density at radius 2 is 1.77 bits per heavy atom. The molecule has 0 nitrogen and oxygen atoms in total. The van der Waals surface area contributed by atoms with Crippen LogP contribution in [0.15, 0.2) is 43.1 Å². The van der Waals surface area contributed by atoms with E-state index in [9.17, 15) is 0 Å². The largest absolute Gasteiger partial charge is 0.206 e. The molecule has 0 saturated heterocycles. The van der Waals surface area contributed by atoms with Gasteiger partial charge < -0.3 is 0 Å². The second kappa shape index (κ2) is 3.94. The summed E-state index contributed by atoms with van der Waals surface area (Å²) in [5.41, 5.74) is 2.99. The Labute approximate surface area is 85.3 Å². The predicted octanol–water partition coefficient (Wildman–Crippen LogP) is 3.08. The van der Waals surface area contributed by atoms with Crippen LogP contribution in [0.2, 0.25) is 6.55 Å². The molecule has 0 aliphatic rings. The molecular weight excluding hydrogens is 196 g/mol. The Hall–Kier alpha value is -0.793. The van der Waals surface area contributed by atoms with Crippen molar-refractivity contribution in [2.24, 2.45) is 0 Å². The molecular formula is C11H13ClSi. The van der Waals surface area contributed by atoms with Gasteiger partial charge in [0.1, 0.15) is 0 Å². The monoisotopic (exact) mass is 208 g/mol. The van der Waals surface area contributed by atoms with Gasteiger partial charge >= 0.3 is 0 Å². The van der Waals surface area contributed by atoms with Crippen LogP contribution in [0.25, 0.3) is 6.08 Å². The molecule has 2 heteroatoms. The average Bonchev–Trinajstić information content (AvgIpc) is 2.18. The van der Waals surface area contributed by atoms with E-state index in [1.807, 2.05) is 23.9 Å². The number of hydrogen-bond acceptors (Lipinski definition) is 0. The molecule has 0 amide bonds. The van der Waals surface area contributed by atoms with E-state index < -0.39 is 7.38 Å². The van der Waals surface area contributed by atoms with Crippen molar-refractivity contribution in [3.8, 4) is 0 Å². The third-order valence-corrected chi connectivity index (χ3v) is 5.44. The SMILES string of the molecule is C=Cc1ccc([Si](C)(Cl)C=C)cc1. The molecule has 0 aliphatic carbocycles. The maximum Gasteiger partial charge on any atom is 0.206 e. The zero-order valence-electron chi connectivity index (χ0n) is 7.76. The van der Waals surface area contributed by atoms with E-state index >= 15 is 0 Å². The first kappa shape index (κ1) is 10.3. The van der Waals surface area contributed by atoms with E-state index in [0.29, 0.717) is 0 Å². The van der Waals surface area contributed by atoms with Crippen LogP contribution in [-0.4, -0.2) is 7.38 Å². The summed E-state index contributed by atoms with van der Waals surface area (Å²) in [6, 6.07) is 8.16. The normalized spacial score (nSPS) is 14.6. The molecule has 0 fully saturated rings. The van der Waals surface area contributed by atoms with Gasteiger partial charge in [0.2, 0.25) is 7.38 Å². The summed E-state index contributed by atoms with van der Waals surface area (Å²) >= 11 is 6.34. The highest BCUT2D eigenvalue weighted by Crippen LogP contribution is 2.10. The molecule has 0 heterocycles. The maximum absolute atomic E-state index is 6.34. The van der Waals surface area contributed by atoms with E-state index in [-0.39, 0.29) is 0 Å². The molecule has 1 aromatic rings. The Morgan fingerprint density at radius 1 is 1.23 bits per heavy atom. The minimum absolute atomic E-state index is 1.12. The number of benzene rings is 1. The first-order valence-corrected chi connectivity index (χ1v) is 7.74. The second-order valence-corrected chi connectivity index (χ2v) is 8.60. The molecule has 0 saturated carbocycles. The average molecular weight is 209 g/mol. The first-order chi connectivity index (χ1) is 6.10. The van der Waals surface area contributed by atoms with Crippen molar-refractivity contribution < 1.29 is 0 Å². The van der Waals surface area contributed by atoms with Crippen molar-refractivity contribution in [2.45, 2.75) is 6.55 Å². The third-order valence-electron chi connectivity index (χ3n) is 2.09. The zero-order valence-corrected chi connectivity index (χ0v) is 9.51. The van der Waals surface area contributed by atoms with Gasteiger partial charge in [0, 0.05) is 0 Å². The van der Waals surface area contributed by atoms with Crippen LogP contribution in [-0.2, 0) is 0 Å². The number of hydrogen-bond donors (Lipinski definition) is 0. The summed E-state index contributed by atoms with van der Waals surface area (Å²) < 4.78 is 0. The van der Waals surface area contributed by atoms with Gasteiger partial charge in [-0.2, -0.15) is 11.1 Å². The van der Waals surface area contributed by atoms with Gasteiger partial charge in [0.25, 0.3) is 0 Å². The van der Waals surface area contributed by atoms with E-state index in [2.05, 4.69) is 31.8 Å². The second-order valence-electron chi connectivity index (χ2n) is 3.11. The van der Waals surface area contributed by atoms with Gasteiger partial charge in [-0.25, -0.2) is 0 Å². The van der Waals surface area contributed by atoms with Crippen LogP contribution in [0, 0.1) is 0 Å². The lowest BCUT2D eigenvalue weighted by molar-refractivity contribution is 1.69. The van der Waals surface area contributed by atoms with Crippen LogP contribution >= 0.6 is 11.1 Å². The standard InChI is InChI=1S/C11H13ClSi/c1-4-10-6-8-11(9-7-10)13(3,12)5-2/h4-9H,1-2H2,3H3. The van der Waals surface area contributed by atoms with Gasteiger partial charge in [-0.05, 0) is 17.3 Å². The topological polar surface area (TPSA) is 0 Å². The molecule has 0 aromatic heterocycles. The Bertz CT molecular complexity index is 311. The van der Waals surface area contributed by atoms with Crippen LogP contribution < -0.4 is 5.19 Å². The van der Waals surface area contributed by atoms with Gasteiger partial charge in [-0.1, -0.05) is 42.6 Å². The van der Waals surface area contributed by atoms with Crippen LogP contribution in [0.3, 0.4) is 0 Å². The molecule has 1 unspecified atom stereocenters. The highest BCUT2D eigenvalue weighted by Gasteiger charge is 2.22. The molecule has 0 aliphatic heterocycles. The first-order valence-electron chi connectivity index (χ1n) is 4.15. The lowest BCUT2D eigenvalue weighted by Gasteiger charge is -2.14. The van der Waals surface area contributed by atoms with Crippen LogP contribution in [0.5, 0.6) is 0 Å². The summed E-state index contributed by atoms with van der Waals surface area (Å²) in [7, 11) is -1.89. The fraction of sp³-hybridized carbons (Fsp3) is 0.0909. The summed E-state index contributed by atoms with van der Waals surface area (Å²) in [6.07, 6.45) is 1.82. The molecule has 0 radical (unpaired) electrons. The Kier molecular flexibility index (Phi) is 3.12. The smallest absolute Gasteiger partial charge is 0.156 e. The minimum atomic E-state index is -1.89. The van der Waals surface area contributed by atoms with Crippen molar-refractivity contribution in [2.75, 3.05) is 0 Å². The summed E-state index contributed by atoms with van der Waals surface area (Å²) in [5, 5.41) is 1.19. The molecule has 0 spiro atoms. The predicted molar refractivity (Wildman–Crippen MR) is 63.8 cm³/mol.